The molecule has 4 atom stereocenters. The Kier molecular flexibility index (Phi) is 20.6. The van der Waals surface area contributed by atoms with Crippen LogP contribution in [0.15, 0.2) is 156 Å². The second kappa shape index (κ2) is 29.1. The van der Waals surface area contributed by atoms with E-state index in [9.17, 15) is 31.5 Å². The van der Waals surface area contributed by atoms with Crippen molar-refractivity contribution in [2.45, 2.75) is 150 Å². The number of nitrogens with zero attached hydrogens (tertiary/aromatic N) is 7. The zero-order chi connectivity index (χ0) is 64.8. The van der Waals surface area contributed by atoms with Crippen LogP contribution in [0.4, 0.5) is 0 Å². The van der Waals surface area contributed by atoms with Crippen LogP contribution in [-0.4, -0.2) is 146 Å². The van der Waals surface area contributed by atoms with Gasteiger partial charge in [0, 0.05) is 88.6 Å². The maximum atomic E-state index is 14.2. The van der Waals surface area contributed by atoms with Gasteiger partial charge < -0.3 is 33.9 Å². The number of carbonyl (C=O) groups excluding carboxylic acids is 1. The number of hydrogen-bond donors (Lipinski definition) is 2. The highest BCUT2D eigenvalue weighted by molar-refractivity contribution is 7.89. The molecule has 14 rings (SSSR count). The summed E-state index contributed by atoms with van der Waals surface area (Å²) in [6.45, 7) is 8.70. The van der Waals surface area contributed by atoms with Gasteiger partial charge in [-0.05, 0) is 225 Å². The van der Waals surface area contributed by atoms with Gasteiger partial charge in [0.15, 0.2) is 0 Å². The number of carboxylic acids is 1. The van der Waals surface area contributed by atoms with Gasteiger partial charge in [0.1, 0.15) is 11.5 Å². The number of carboxylic acid groups (broad SMARTS) is 1. The zero-order valence-corrected chi connectivity index (χ0v) is 55.9. The van der Waals surface area contributed by atoms with E-state index in [4.69, 9.17) is 9.47 Å². The van der Waals surface area contributed by atoms with Crippen LogP contribution in [0.1, 0.15) is 121 Å². The standard InChI is InChI=1S/C37H44N4O4S.C20H20N2O5S.C17H26N2/c1-38(32-13-10-28-21-27(8-9-29(28)22-32)26-39-16-4-3-5-17-39)37(42)25-36-35-7-6-18-40(35)19-20-41(36)46(43,44)34-15-12-30-23-33(45-2)14-11-31(30)24-34;1-27-16-6-4-15-12-17(7-5-14(15)11-16)28(25,26)22-10-9-21-8-2-3-18(21)19(22)13-20(23)24;1-18-17-8-7-15-11-14(5-6-16(15)12-17)13-19-9-3-2-4-10-19/h6-9,11-12,14-15,18,21,23-24,32,36H,3-5,10,13,16-17,19-20,22,25-26H2,1-2H3;2-8,11-12,19H,9-10,13H2,1H3,(H,23,24);5-6,11,17-18H,2-4,7-10,12-13H2,1H3. The van der Waals surface area contributed by atoms with Crippen molar-refractivity contribution in [3.05, 3.63) is 191 Å². The van der Waals surface area contributed by atoms with Crippen LogP contribution in [0, 0.1) is 0 Å². The van der Waals surface area contributed by atoms with E-state index in [-0.39, 0.29) is 41.1 Å². The molecule has 17 nitrogen and oxygen atoms in total. The molecule has 19 heteroatoms. The third kappa shape index (κ3) is 14.9. The number of hydrogen-bond acceptors (Lipinski definition) is 11. The molecular weight excluding hydrogens is 1210 g/mol. The summed E-state index contributed by atoms with van der Waals surface area (Å²) in [6.07, 6.45) is 18.2. The largest absolute Gasteiger partial charge is 0.497 e. The van der Waals surface area contributed by atoms with Crippen molar-refractivity contribution < 1.29 is 41.0 Å². The maximum Gasteiger partial charge on any atom is 0.305 e. The van der Waals surface area contributed by atoms with Gasteiger partial charge in [0.05, 0.1) is 42.5 Å². The third-order valence-corrected chi connectivity index (χ3v) is 24.1. The number of ether oxygens (including phenoxy) is 2. The number of likely N-dealkylation sites (tertiary alicyclic amines) is 2. The minimum absolute atomic E-state index is 0.0272. The molecule has 6 heterocycles. The lowest BCUT2D eigenvalue weighted by molar-refractivity contribution is -0.138. The topological polar surface area (TPSA) is 179 Å². The van der Waals surface area contributed by atoms with Gasteiger partial charge >= 0.3 is 5.97 Å². The van der Waals surface area contributed by atoms with Crippen molar-refractivity contribution in [1.82, 2.24) is 37.8 Å². The number of rotatable bonds is 16. The molecule has 2 saturated heterocycles. The summed E-state index contributed by atoms with van der Waals surface area (Å²) in [6, 6.07) is 42.2. The van der Waals surface area contributed by atoms with Crippen LogP contribution >= 0.6 is 0 Å². The number of aliphatic carboxylic acids is 1. The number of amides is 1. The predicted molar refractivity (Wildman–Crippen MR) is 365 cm³/mol. The first kappa shape index (κ1) is 65.7. The molecule has 1 amide bonds. The molecule has 2 aromatic heterocycles. The molecular formula is C74H90N8O9S2. The quantitative estimate of drug-likeness (QED) is 0.0936. The van der Waals surface area contributed by atoms with Gasteiger partial charge in [0.2, 0.25) is 26.0 Å². The lowest BCUT2D eigenvalue weighted by atomic mass is 9.86. The molecule has 2 N–H and O–H groups in total. The van der Waals surface area contributed by atoms with Crippen molar-refractivity contribution in [3.63, 3.8) is 0 Å². The van der Waals surface area contributed by atoms with Crippen LogP contribution in [0.25, 0.3) is 21.5 Å². The van der Waals surface area contributed by atoms with Gasteiger partial charge in [-0.25, -0.2) is 16.8 Å². The van der Waals surface area contributed by atoms with Crippen LogP contribution in [-0.2, 0) is 81.5 Å². The van der Waals surface area contributed by atoms with Crippen molar-refractivity contribution in [2.75, 3.05) is 67.6 Å². The number of nitrogens with one attached hydrogen (secondary N) is 1. The molecule has 0 spiro atoms. The third-order valence-electron chi connectivity index (χ3n) is 20.2. The molecule has 2 aliphatic carbocycles. The molecule has 2 fully saturated rings. The van der Waals surface area contributed by atoms with E-state index in [1.165, 1.54) is 111 Å². The fraction of sp³-hybridized carbons (Fsp3) is 0.432. The summed E-state index contributed by atoms with van der Waals surface area (Å²) in [5.74, 6) is 0.356. The van der Waals surface area contributed by atoms with Crippen LogP contribution in [0.3, 0.4) is 0 Å². The van der Waals surface area contributed by atoms with Crippen molar-refractivity contribution >= 4 is 53.5 Å². The molecule has 93 heavy (non-hydrogen) atoms. The van der Waals surface area contributed by atoms with E-state index in [0.717, 1.165) is 65.3 Å². The number of benzene rings is 6. The average Bonchev–Trinajstić information content (AvgIpc) is 1.75. The SMILES string of the molecule is CNC1CCc2cc(CN3CCCCC3)ccc2C1.COc1ccc2cc(S(=O)(=O)N3CCn4cccc4C3CC(=O)N(C)C3CCc4cc(CN5CCCCC5)ccc4C3)ccc2c1.COc1ccc2cc(S(=O)(=O)N3CCn4cccc4C3CC(=O)O)ccc2c1. The number of aryl methyl sites for hydroxylation is 2. The molecule has 4 unspecified atom stereocenters. The first-order valence-corrected chi connectivity index (χ1v) is 36.2. The Bertz CT molecular complexity index is 4190. The van der Waals surface area contributed by atoms with E-state index < -0.39 is 38.1 Å². The smallest absolute Gasteiger partial charge is 0.305 e. The monoisotopic (exact) mass is 1300 g/mol. The number of sulfonamides is 2. The summed E-state index contributed by atoms with van der Waals surface area (Å²) in [5, 5.41) is 16.1. The molecule has 4 aliphatic heterocycles. The Labute approximate surface area is 549 Å². The van der Waals surface area contributed by atoms with Gasteiger partial charge in [0.25, 0.3) is 0 Å². The number of aromatic nitrogens is 2. The number of methoxy groups -OCH3 is 2. The van der Waals surface area contributed by atoms with Crippen molar-refractivity contribution in [3.8, 4) is 11.5 Å². The van der Waals surface area contributed by atoms with E-state index >= 15 is 0 Å². The fourth-order valence-corrected chi connectivity index (χ4v) is 18.2. The highest BCUT2D eigenvalue weighted by Gasteiger charge is 2.41. The Balaban J connectivity index is 0.000000149. The minimum Gasteiger partial charge on any atom is -0.497 e. The zero-order valence-electron chi connectivity index (χ0n) is 54.3. The van der Waals surface area contributed by atoms with Crippen molar-refractivity contribution in [1.29, 1.82) is 0 Å². The molecule has 0 saturated carbocycles. The molecule has 0 bridgehead atoms. The summed E-state index contributed by atoms with van der Waals surface area (Å²) in [4.78, 5) is 32.8. The summed E-state index contributed by atoms with van der Waals surface area (Å²) < 4.78 is 72.5. The Morgan fingerprint density at radius 2 is 0.989 bits per heavy atom. The highest BCUT2D eigenvalue weighted by atomic mass is 32.2. The van der Waals surface area contributed by atoms with E-state index in [1.807, 2.05) is 83.5 Å². The summed E-state index contributed by atoms with van der Waals surface area (Å²) in [7, 11) is -0.567. The fourth-order valence-electron chi connectivity index (χ4n) is 14.9. The Morgan fingerprint density at radius 1 is 0.527 bits per heavy atom. The van der Waals surface area contributed by atoms with Gasteiger partial charge in [-0.3, -0.25) is 19.4 Å². The summed E-state index contributed by atoms with van der Waals surface area (Å²) in [5.41, 5.74) is 10.3. The highest BCUT2D eigenvalue weighted by Crippen LogP contribution is 2.39. The maximum absolute atomic E-state index is 14.2. The Morgan fingerprint density at radius 3 is 1.47 bits per heavy atom. The number of piperidine rings is 2. The lowest BCUT2D eigenvalue weighted by Gasteiger charge is -2.38. The molecule has 6 aliphatic rings. The molecule has 0 radical (unpaired) electrons. The minimum atomic E-state index is -3.88. The van der Waals surface area contributed by atoms with Gasteiger partial charge in [-0.2, -0.15) is 8.61 Å². The van der Waals surface area contributed by atoms with Crippen LogP contribution in [0.2, 0.25) is 0 Å². The predicted octanol–water partition coefficient (Wildman–Crippen LogP) is 11.4. The second-order valence-electron chi connectivity index (χ2n) is 26.1. The second-order valence-corrected chi connectivity index (χ2v) is 29.9. The summed E-state index contributed by atoms with van der Waals surface area (Å²) >= 11 is 0. The van der Waals surface area contributed by atoms with Gasteiger partial charge in [-0.1, -0.05) is 73.5 Å². The number of likely N-dealkylation sites (N-methyl/N-ethyl adjacent to an activating group) is 2. The number of fused-ring (bicyclic) bond motifs is 6. The Hall–Kier alpha value is -7.36. The first-order chi connectivity index (χ1) is 45.0. The van der Waals surface area contributed by atoms with E-state index in [1.54, 1.807) is 72.1 Å². The van der Waals surface area contributed by atoms with E-state index in [2.05, 4.69) is 63.1 Å². The van der Waals surface area contributed by atoms with Crippen LogP contribution < -0.4 is 14.8 Å². The van der Waals surface area contributed by atoms with E-state index in [0.29, 0.717) is 37.1 Å². The first-order valence-electron chi connectivity index (χ1n) is 33.4. The molecule has 8 aromatic rings. The number of carbonyl (C=O) groups is 2. The molecule has 6 aromatic carbocycles. The lowest BCUT2D eigenvalue weighted by Crippen LogP contribution is -2.46. The normalized spacial score (nSPS) is 20.4. The molecule has 492 valence electrons. The van der Waals surface area contributed by atoms with Crippen molar-refractivity contribution in [2.24, 2.45) is 0 Å². The van der Waals surface area contributed by atoms with Gasteiger partial charge in [-0.15, -0.1) is 0 Å². The average molecular weight is 1300 g/mol. The van der Waals surface area contributed by atoms with Crippen LogP contribution in [0.5, 0.6) is 11.5 Å².